The van der Waals surface area contributed by atoms with Gasteiger partial charge in [0, 0.05) is 78.4 Å². The van der Waals surface area contributed by atoms with Crippen LogP contribution >= 0.6 is 0 Å². The molecule has 4 saturated heterocycles. The van der Waals surface area contributed by atoms with Crippen LogP contribution in [0, 0.1) is 5.92 Å². The molecule has 79 heavy (non-hydrogen) atoms. The fraction of sp³-hybridized carbons (Fsp3) is 0.915. The normalized spacial score (nSPS) is 31.1. The Hall–Kier alpha value is -2.76. The molecular formula is C47H93N3O29. The zero-order valence-electron chi connectivity index (χ0n) is 45.3. The van der Waals surface area contributed by atoms with Gasteiger partial charge in [-0.3, -0.25) is 9.59 Å². The molecule has 4 fully saturated rings. The number of ketones is 1. The molecule has 4 heterocycles. The van der Waals surface area contributed by atoms with Crippen molar-refractivity contribution < 1.29 is 144 Å². The SMILES string of the molecule is CC(C)C(=O)CCCCC(=O)ON(C)C(=O)CCC=O.CO.OCC1CC(O)C(O)CO1.OCC1OCC(O)C(O)[C@@H]1O.OCCNCCO[C@H]1OC(CO)[C@@H](O)C(O)C1O.OCCNCCO[C@H]1OC(CO)[C@@H](O)C(O)C1O. The molecule has 0 aromatic rings. The molecule has 32 nitrogen and oxygen atoms in total. The molecule has 4 aliphatic heterocycles. The van der Waals surface area contributed by atoms with Gasteiger partial charge in [0.25, 0.3) is 5.91 Å². The molecule has 0 bridgehead atoms. The van der Waals surface area contributed by atoms with Crippen LogP contribution in [-0.4, -0.2) is 331 Å². The Kier molecular flexibility index (Phi) is 46.3. The number of carbonyl (C=O) groups is 4. The van der Waals surface area contributed by atoms with Crippen molar-refractivity contribution in [3.8, 4) is 0 Å². The molecule has 0 aromatic carbocycles. The van der Waals surface area contributed by atoms with Crippen molar-refractivity contribution in [2.75, 3.05) is 106 Å². The van der Waals surface area contributed by atoms with E-state index in [1.807, 2.05) is 13.8 Å². The summed E-state index contributed by atoms with van der Waals surface area (Å²) in [6.45, 7) is 4.51. The molecule has 470 valence electrons. The van der Waals surface area contributed by atoms with Gasteiger partial charge >= 0.3 is 5.97 Å². The van der Waals surface area contributed by atoms with Crippen LogP contribution < -0.4 is 10.6 Å². The minimum absolute atomic E-state index is 0.0139. The van der Waals surface area contributed by atoms with Crippen molar-refractivity contribution in [2.24, 2.45) is 5.92 Å². The largest absolute Gasteiger partial charge is 0.400 e. The minimum Gasteiger partial charge on any atom is -0.400 e. The van der Waals surface area contributed by atoms with Crippen molar-refractivity contribution in [3.05, 3.63) is 0 Å². The first kappa shape index (κ1) is 78.3. The standard InChI is InChI=1S/C14H23NO5.2C10H21NO7.C6H12O5.C6H12O4.CH4O/c1-11(2)12(17)7-4-5-9-14(19)20-15(3)13(18)8-6-10-16;2*12-3-1-11-2-4-17-10-9(16)8(15)7(14)6(5-13)18-10;7-1-4-6(10)5(9)3(8)2-11-4;7-2-4-1-5(8)6(9)3-10-4;1-2/h10-11H,4-9H2,1-3H3;2*6-16H,1-5H2;3-10H,1-2H2;4-9H,1-3H2;2H,1H3/t;2*6?,7-,8?,9?,10+;3?,4?,5?,6-;;/m.111../s1. The van der Waals surface area contributed by atoms with E-state index in [1.165, 1.54) is 7.05 Å². The Labute approximate surface area is 458 Å². The van der Waals surface area contributed by atoms with Gasteiger partial charge < -0.3 is 141 Å². The van der Waals surface area contributed by atoms with E-state index in [0.717, 1.165) is 12.2 Å². The van der Waals surface area contributed by atoms with Crippen molar-refractivity contribution in [3.63, 3.8) is 0 Å². The van der Waals surface area contributed by atoms with Crippen molar-refractivity contribution >= 4 is 23.9 Å². The van der Waals surface area contributed by atoms with Gasteiger partial charge in [0.15, 0.2) is 12.6 Å². The first-order valence-corrected chi connectivity index (χ1v) is 25.7. The average molecular weight is 1160 g/mol. The predicted molar refractivity (Wildman–Crippen MR) is 268 cm³/mol. The number of Topliss-reactive ketones (excluding diaryl/α,β-unsaturated/α-hetero) is 1. The molecule has 0 aliphatic carbocycles. The van der Waals surface area contributed by atoms with E-state index >= 15 is 0 Å². The highest BCUT2D eigenvalue weighted by atomic mass is 16.7. The topological polar surface area (TPSA) is 524 Å². The third kappa shape index (κ3) is 32.0. The van der Waals surface area contributed by atoms with E-state index in [4.69, 9.17) is 94.5 Å². The Morgan fingerprint density at radius 2 is 1.03 bits per heavy atom. The van der Waals surface area contributed by atoms with Gasteiger partial charge in [0.2, 0.25) is 0 Å². The Morgan fingerprint density at radius 3 is 1.44 bits per heavy atom. The van der Waals surface area contributed by atoms with Gasteiger partial charge in [0.1, 0.15) is 91.4 Å². The van der Waals surface area contributed by atoms with Gasteiger partial charge in [-0.15, -0.1) is 0 Å². The summed E-state index contributed by atoms with van der Waals surface area (Å²) in [4.78, 5) is 49.1. The van der Waals surface area contributed by atoms with Crippen LogP contribution in [0.3, 0.4) is 0 Å². The summed E-state index contributed by atoms with van der Waals surface area (Å²) in [6, 6.07) is 0. The maximum atomic E-state index is 11.4. The molecule has 0 radical (unpaired) electrons. The van der Waals surface area contributed by atoms with Crippen LogP contribution in [0.25, 0.3) is 0 Å². The Balaban J connectivity index is 0. The number of aliphatic hydroxyl groups excluding tert-OH is 18. The first-order valence-electron chi connectivity index (χ1n) is 25.7. The summed E-state index contributed by atoms with van der Waals surface area (Å²) in [5.41, 5.74) is 0. The van der Waals surface area contributed by atoms with Crippen LogP contribution in [-0.2, 0) is 52.4 Å². The van der Waals surface area contributed by atoms with Crippen molar-refractivity contribution in [1.82, 2.24) is 15.7 Å². The molecule has 0 spiro atoms. The maximum absolute atomic E-state index is 11.4. The van der Waals surface area contributed by atoms with Crippen LogP contribution in [0.4, 0.5) is 0 Å². The highest BCUT2D eigenvalue weighted by Crippen LogP contribution is 2.23. The molecule has 12 unspecified atom stereocenters. The van der Waals surface area contributed by atoms with Crippen molar-refractivity contribution in [2.45, 2.75) is 163 Å². The molecule has 4 aliphatic rings. The summed E-state index contributed by atoms with van der Waals surface area (Å²) < 4.78 is 30.4. The van der Waals surface area contributed by atoms with Gasteiger partial charge in [-0.1, -0.05) is 13.8 Å². The summed E-state index contributed by atoms with van der Waals surface area (Å²) in [5, 5.41) is 168. The lowest BCUT2D eigenvalue weighted by atomic mass is 9.99. The molecule has 4 rings (SSSR count). The second-order valence-corrected chi connectivity index (χ2v) is 18.1. The smallest absolute Gasteiger partial charge is 0.332 e. The van der Waals surface area contributed by atoms with Gasteiger partial charge in [-0.25, -0.2) is 4.79 Å². The average Bonchev–Trinajstić information content (AvgIpc) is 3.44. The number of ether oxygens (including phenoxy) is 6. The number of carbonyl (C=O) groups excluding carboxylic acids is 4. The lowest BCUT2D eigenvalue weighted by Gasteiger charge is -2.39. The number of amides is 1. The number of hydrogen-bond donors (Lipinski definition) is 20. The molecule has 0 saturated carbocycles. The molecule has 32 heteroatoms. The third-order valence-electron chi connectivity index (χ3n) is 11.6. The van der Waals surface area contributed by atoms with Crippen LogP contribution in [0.5, 0.6) is 0 Å². The second-order valence-electron chi connectivity index (χ2n) is 18.1. The lowest BCUT2D eigenvalue weighted by molar-refractivity contribution is -0.300. The van der Waals surface area contributed by atoms with E-state index in [9.17, 15) is 49.8 Å². The third-order valence-corrected chi connectivity index (χ3v) is 11.6. The van der Waals surface area contributed by atoms with Gasteiger partial charge in [0.05, 0.1) is 78.3 Å². The number of hydroxylamine groups is 2. The number of unbranched alkanes of at least 4 members (excludes halogenated alkanes) is 1. The van der Waals surface area contributed by atoms with Gasteiger partial charge in [-0.05, 0) is 12.8 Å². The lowest BCUT2D eigenvalue weighted by Crippen LogP contribution is -2.59. The maximum Gasteiger partial charge on any atom is 0.332 e. The number of hydrogen-bond acceptors (Lipinski definition) is 31. The monoisotopic (exact) mass is 1160 g/mol. The van der Waals surface area contributed by atoms with E-state index in [2.05, 4.69) is 10.6 Å². The van der Waals surface area contributed by atoms with Crippen LogP contribution in [0.2, 0.25) is 0 Å². The molecule has 0 aromatic heterocycles. The minimum atomic E-state index is -1.42. The Morgan fingerprint density at radius 1 is 0.570 bits per heavy atom. The van der Waals surface area contributed by atoms with E-state index < -0.39 is 123 Å². The zero-order valence-corrected chi connectivity index (χ0v) is 45.3. The highest BCUT2D eigenvalue weighted by Gasteiger charge is 2.45. The number of aliphatic hydroxyl groups is 18. The fourth-order valence-corrected chi connectivity index (χ4v) is 6.75. The molecule has 1 amide bonds. The summed E-state index contributed by atoms with van der Waals surface area (Å²) in [7, 11) is 2.34. The highest BCUT2D eigenvalue weighted by molar-refractivity contribution is 5.80. The van der Waals surface area contributed by atoms with E-state index in [0.29, 0.717) is 58.1 Å². The quantitative estimate of drug-likeness (QED) is 0.0229. The van der Waals surface area contributed by atoms with E-state index in [-0.39, 0.29) is 89.9 Å². The Bertz CT molecular complexity index is 1480. The molecule has 17 atom stereocenters. The second kappa shape index (κ2) is 46.7. The number of nitrogens with one attached hydrogen (secondary N) is 2. The number of aldehydes is 1. The molecule has 20 N–H and O–H groups in total. The van der Waals surface area contributed by atoms with E-state index in [1.54, 1.807) is 0 Å². The fourth-order valence-electron chi connectivity index (χ4n) is 6.75. The van der Waals surface area contributed by atoms with Crippen LogP contribution in [0.1, 0.15) is 58.8 Å². The number of nitrogens with zero attached hydrogens (tertiary/aromatic N) is 1. The predicted octanol–water partition coefficient (Wildman–Crippen LogP) is -10.0. The summed E-state index contributed by atoms with van der Waals surface area (Å²) in [6.07, 6.45) is -15.7. The summed E-state index contributed by atoms with van der Waals surface area (Å²) >= 11 is 0. The van der Waals surface area contributed by atoms with Gasteiger partial charge in [-0.2, -0.15) is 5.06 Å². The molecular weight excluding hydrogens is 1070 g/mol. The zero-order chi connectivity index (χ0) is 60.6. The van der Waals surface area contributed by atoms with Crippen LogP contribution in [0.15, 0.2) is 0 Å². The number of rotatable bonds is 25. The summed E-state index contributed by atoms with van der Waals surface area (Å²) in [5.74, 6) is -0.729. The first-order chi connectivity index (χ1) is 37.5. The van der Waals surface area contributed by atoms with Crippen molar-refractivity contribution in [1.29, 1.82) is 0 Å².